The summed E-state index contributed by atoms with van der Waals surface area (Å²) in [4.78, 5) is 17.8. The van der Waals surface area contributed by atoms with Gasteiger partial charge in [0.2, 0.25) is 0 Å². The van der Waals surface area contributed by atoms with Crippen molar-refractivity contribution < 1.29 is 13.9 Å². The molecule has 0 fully saturated rings. The lowest BCUT2D eigenvalue weighted by molar-refractivity contribution is 0.354. The van der Waals surface area contributed by atoms with E-state index in [0.29, 0.717) is 28.2 Å². The van der Waals surface area contributed by atoms with Crippen LogP contribution >= 0.6 is 0 Å². The first-order chi connectivity index (χ1) is 14.6. The summed E-state index contributed by atoms with van der Waals surface area (Å²) in [5.74, 6) is 0.924. The van der Waals surface area contributed by atoms with Gasteiger partial charge in [0.25, 0.3) is 5.56 Å². The Kier molecular flexibility index (Phi) is 5.30. The van der Waals surface area contributed by atoms with Crippen molar-refractivity contribution in [2.45, 2.75) is 0 Å². The molecule has 0 N–H and O–H groups in total. The van der Waals surface area contributed by atoms with E-state index in [1.165, 1.54) is 10.6 Å². The van der Waals surface area contributed by atoms with Crippen molar-refractivity contribution in [3.05, 3.63) is 94.3 Å². The van der Waals surface area contributed by atoms with Crippen LogP contribution in [-0.2, 0) is 0 Å². The largest absolute Gasteiger partial charge is 0.493 e. The van der Waals surface area contributed by atoms with Gasteiger partial charge in [0.15, 0.2) is 11.5 Å². The van der Waals surface area contributed by atoms with Crippen LogP contribution in [0.4, 0.5) is 4.39 Å². The zero-order chi connectivity index (χ0) is 21.1. The lowest BCUT2D eigenvalue weighted by Crippen LogP contribution is -2.23. The molecule has 0 aliphatic heterocycles. The number of ether oxygens (including phenoxy) is 2. The van der Waals surface area contributed by atoms with Crippen LogP contribution in [-0.4, -0.2) is 23.8 Å². The second kappa shape index (κ2) is 8.21. The van der Waals surface area contributed by atoms with E-state index >= 15 is 0 Å². The molecule has 0 atom stereocenters. The number of methoxy groups -OCH3 is 2. The molecule has 0 unspecified atom stereocenters. The SMILES string of the molecule is COc1cccc(/C=C/c2nc3ccccc3c(=O)n2-c2ccccc2F)c1OC. The van der Waals surface area contributed by atoms with Crippen LogP contribution in [0.1, 0.15) is 11.4 Å². The maximum Gasteiger partial charge on any atom is 0.266 e. The summed E-state index contributed by atoms with van der Waals surface area (Å²) >= 11 is 0. The van der Waals surface area contributed by atoms with E-state index in [0.717, 1.165) is 5.56 Å². The van der Waals surface area contributed by atoms with Gasteiger partial charge in [0, 0.05) is 5.56 Å². The molecule has 5 nitrogen and oxygen atoms in total. The van der Waals surface area contributed by atoms with E-state index in [9.17, 15) is 9.18 Å². The summed E-state index contributed by atoms with van der Waals surface area (Å²) < 4.78 is 26.6. The lowest BCUT2D eigenvalue weighted by atomic mass is 10.1. The molecule has 0 aliphatic carbocycles. The highest BCUT2D eigenvalue weighted by molar-refractivity contribution is 5.80. The second-order valence-corrected chi connectivity index (χ2v) is 6.50. The molecule has 30 heavy (non-hydrogen) atoms. The fourth-order valence-corrected chi connectivity index (χ4v) is 3.34. The molecule has 4 aromatic rings. The molecular weight excluding hydrogens is 383 g/mol. The van der Waals surface area contributed by atoms with E-state index in [-0.39, 0.29) is 11.2 Å². The number of benzene rings is 3. The molecule has 3 aromatic carbocycles. The van der Waals surface area contributed by atoms with Gasteiger partial charge >= 0.3 is 0 Å². The average molecular weight is 402 g/mol. The van der Waals surface area contributed by atoms with Crippen molar-refractivity contribution in [3.8, 4) is 17.2 Å². The van der Waals surface area contributed by atoms with E-state index in [1.807, 2.05) is 12.1 Å². The van der Waals surface area contributed by atoms with E-state index in [4.69, 9.17) is 9.47 Å². The van der Waals surface area contributed by atoms with Crippen molar-refractivity contribution in [3.63, 3.8) is 0 Å². The van der Waals surface area contributed by atoms with Crippen LogP contribution in [0.25, 0.3) is 28.7 Å². The van der Waals surface area contributed by atoms with E-state index in [1.54, 1.807) is 74.9 Å². The molecule has 0 saturated heterocycles. The van der Waals surface area contributed by atoms with Crippen LogP contribution < -0.4 is 15.0 Å². The highest BCUT2D eigenvalue weighted by Crippen LogP contribution is 2.32. The number of rotatable bonds is 5. The number of fused-ring (bicyclic) bond motifs is 1. The zero-order valence-corrected chi connectivity index (χ0v) is 16.5. The first-order valence-electron chi connectivity index (χ1n) is 9.30. The van der Waals surface area contributed by atoms with Gasteiger partial charge in [0.1, 0.15) is 11.6 Å². The topological polar surface area (TPSA) is 53.3 Å². The maximum absolute atomic E-state index is 14.6. The summed E-state index contributed by atoms with van der Waals surface area (Å²) in [7, 11) is 3.12. The van der Waals surface area contributed by atoms with Crippen LogP contribution in [0, 0.1) is 5.82 Å². The molecule has 1 heterocycles. The monoisotopic (exact) mass is 402 g/mol. The summed E-state index contributed by atoms with van der Waals surface area (Å²) in [6.07, 6.45) is 3.42. The Balaban J connectivity index is 1.95. The van der Waals surface area contributed by atoms with Gasteiger partial charge in [-0.15, -0.1) is 0 Å². The van der Waals surface area contributed by atoms with Gasteiger partial charge in [-0.2, -0.15) is 0 Å². The Morgan fingerprint density at radius 3 is 2.43 bits per heavy atom. The summed E-state index contributed by atoms with van der Waals surface area (Å²) in [5, 5.41) is 0.414. The fraction of sp³-hybridized carbons (Fsp3) is 0.0833. The molecule has 0 amide bonds. The first kappa shape index (κ1) is 19.4. The highest BCUT2D eigenvalue weighted by Gasteiger charge is 2.14. The summed E-state index contributed by atoms with van der Waals surface area (Å²) in [6, 6.07) is 18.6. The van der Waals surface area contributed by atoms with Gasteiger partial charge in [0.05, 0.1) is 30.8 Å². The number of halogens is 1. The molecule has 0 saturated carbocycles. The van der Waals surface area contributed by atoms with Crippen LogP contribution in [0.5, 0.6) is 11.5 Å². The first-order valence-corrected chi connectivity index (χ1v) is 9.30. The van der Waals surface area contributed by atoms with Crippen molar-refractivity contribution in [2.24, 2.45) is 0 Å². The van der Waals surface area contributed by atoms with Gasteiger partial charge < -0.3 is 9.47 Å². The van der Waals surface area contributed by atoms with Gasteiger partial charge in [-0.05, 0) is 42.5 Å². The average Bonchev–Trinajstić information content (AvgIpc) is 2.78. The Bertz CT molecular complexity index is 1310. The number of hydrogen-bond acceptors (Lipinski definition) is 4. The predicted molar refractivity (Wildman–Crippen MR) is 116 cm³/mol. The normalized spacial score (nSPS) is 11.2. The van der Waals surface area contributed by atoms with Crippen molar-refractivity contribution in [2.75, 3.05) is 14.2 Å². The fourth-order valence-electron chi connectivity index (χ4n) is 3.34. The molecule has 6 heteroatoms. The molecular formula is C24H19FN2O3. The Morgan fingerprint density at radius 2 is 1.67 bits per heavy atom. The summed E-state index contributed by atoms with van der Waals surface area (Å²) in [5.41, 5.74) is 1.06. The Hall–Kier alpha value is -3.93. The minimum atomic E-state index is -0.509. The van der Waals surface area contributed by atoms with Crippen LogP contribution in [0.15, 0.2) is 71.5 Å². The van der Waals surface area contributed by atoms with Gasteiger partial charge in [-0.1, -0.05) is 36.4 Å². The van der Waals surface area contributed by atoms with E-state index in [2.05, 4.69) is 4.98 Å². The number of hydrogen-bond donors (Lipinski definition) is 0. The smallest absolute Gasteiger partial charge is 0.266 e. The van der Waals surface area contributed by atoms with Crippen molar-refractivity contribution >= 4 is 23.1 Å². The minimum absolute atomic E-state index is 0.137. The third-order valence-electron chi connectivity index (χ3n) is 4.74. The maximum atomic E-state index is 14.6. The molecule has 1 aromatic heterocycles. The molecule has 0 spiro atoms. The third-order valence-corrected chi connectivity index (χ3v) is 4.74. The molecule has 150 valence electrons. The number of para-hydroxylation sites is 3. The second-order valence-electron chi connectivity index (χ2n) is 6.50. The Labute approximate surface area is 172 Å². The zero-order valence-electron chi connectivity index (χ0n) is 16.5. The van der Waals surface area contributed by atoms with Crippen LogP contribution in [0.2, 0.25) is 0 Å². The van der Waals surface area contributed by atoms with Crippen molar-refractivity contribution in [1.82, 2.24) is 9.55 Å². The highest BCUT2D eigenvalue weighted by atomic mass is 19.1. The quantitative estimate of drug-likeness (QED) is 0.485. The molecule has 4 rings (SSSR count). The standard InChI is InChI=1S/C24H19FN2O3/c1-29-21-13-7-8-16(23(21)30-2)14-15-22-26-19-11-5-3-9-17(19)24(28)27(22)20-12-6-4-10-18(20)25/h3-15H,1-2H3/b15-14+. The van der Waals surface area contributed by atoms with E-state index < -0.39 is 5.82 Å². The molecule has 0 aliphatic rings. The van der Waals surface area contributed by atoms with Crippen molar-refractivity contribution in [1.29, 1.82) is 0 Å². The lowest BCUT2D eigenvalue weighted by Gasteiger charge is -2.13. The predicted octanol–water partition coefficient (Wildman–Crippen LogP) is 4.71. The minimum Gasteiger partial charge on any atom is -0.493 e. The number of aromatic nitrogens is 2. The Morgan fingerprint density at radius 1 is 0.900 bits per heavy atom. The van der Waals surface area contributed by atoms with Crippen LogP contribution in [0.3, 0.4) is 0 Å². The molecule has 0 radical (unpaired) electrons. The third kappa shape index (κ3) is 3.43. The number of nitrogens with zero attached hydrogens (tertiary/aromatic N) is 2. The van der Waals surface area contributed by atoms with Gasteiger partial charge in [-0.3, -0.25) is 9.36 Å². The molecule has 0 bridgehead atoms. The van der Waals surface area contributed by atoms with Gasteiger partial charge in [-0.25, -0.2) is 9.37 Å². The summed E-state index contributed by atoms with van der Waals surface area (Å²) in [6.45, 7) is 0.